The molecule has 118 valence electrons. The van der Waals surface area contributed by atoms with Crippen molar-refractivity contribution in [3.63, 3.8) is 0 Å². The van der Waals surface area contributed by atoms with Crippen molar-refractivity contribution in [1.29, 1.82) is 0 Å². The van der Waals surface area contributed by atoms with Gasteiger partial charge in [-0.05, 0) is 19.1 Å². The fourth-order valence-electron chi connectivity index (χ4n) is 1.55. The molecule has 2 aromatic rings. The first-order valence-corrected chi connectivity index (χ1v) is 9.10. The minimum atomic E-state index is -2.17. The maximum absolute atomic E-state index is 11.3. The summed E-state index contributed by atoms with van der Waals surface area (Å²) in [6, 6.07) is 7.00. The van der Waals surface area contributed by atoms with E-state index < -0.39 is 11.3 Å². The fraction of sp³-hybridized carbons (Fsp3) is 0.250. The first-order chi connectivity index (χ1) is 10.6. The monoisotopic (exact) mass is 359 g/mol. The highest BCUT2D eigenvalue weighted by Crippen LogP contribution is 2.33. The zero-order valence-electron chi connectivity index (χ0n) is 11.5. The molecule has 0 aliphatic rings. The van der Waals surface area contributed by atoms with Crippen LogP contribution in [0.25, 0.3) is 10.6 Å². The van der Waals surface area contributed by atoms with Crippen molar-refractivity contribution in [3.05, 3.63) is 24.3 Å². The summed E-state index contributed by atoms with van der Waals surface area (Å²) in [7, 11) is 0. The maximum Gasteiger partial charge on any atom is 0.316 e. The molecule has 0 bridgehead atoms. The zero-order valence-corrected chi connectivity index (χ0v) is 14.0. The predicted molar refractivity (Wildman–Crippen MR) is 87.1 cm³/mol. The molecule has 0 aliphatic carbocycles. The Labute approximate surface area is 137 Å². The van der Waals surface area contributed by atoms with Gasteiger partial charge >= 0.3 is 5.97 Å². The normalized spacial score (nSPS) is 11.9. The number of hydrogen-bond acceptors (Lipinski definition) is 7. The van der Waals surface area contributed by atoms with Gasteiger partial charge in [-0.3, -0.25) is 14.1 Å². The van der Waals surface area contributed by atoms with Gasteiger partial charge in [-0.1, -0.05) is 35.2 Å². The topological polar surface area (TPSA) is 101 Å². The summed E-state index contributed by atoms with van der Waals surface area (Å²) in [6.07, 6.45) is 0. The van der Waals surface area contributed by atoms with Crippen molar-refractivity contribution in [1.82, 2.24) is 10.2 Å². The van der Waals surface area contributed by atoms with Crippen LogP contribution in [0.4, 0.5) is 5.69 Å². The first kappa shape index (κ1) is 16.9. The lowest BCUT2D eigenvalue weighted by atomic mass is 10.2. The molecule has 1 aromatic carbocycles. The smallest absolute Gasteiger partial charge is 0.316 e. The number of nitrogens with one attached hydrogen (secondary N) is 1. The lowest BCUT2D eigenvalue weighted by Crippen LogP contribution is -2.06. The number of hydrogen-bond donors (Lipinski definition) is 2. The maximum atomic E-state index is 11.3. The highest BCUT2D eigenvalue weighted by atomic mass is 32.2. The summed E-state index contributed by atoms with van der Waals surface area (Å²) in [5.41, 5.74) is 1.16. The molecule has 2 N–H and O–H groups in total. The van der Waals surface area contributed by atoms with E-state index >= 15 is 0 Å². The quantitative estimate of drug-likeness (QED) is 0.445. The Morgan fingerprint density at radius 1 is 1.45 bits per heavy atom. The van der Waals surface area contributed by atoms with Crippen LogP contribution in [0.15, 0.2) is 28.6 Å². The predicted octanol–water partition coefficient (Wildman–Crippen LogP) is 2.41. The second kappa shape index (κ2) is 8.22. The first-order valence-electron chi connectivity index (χ1n) is 6.19. The van der Waals surface area contributed by atoms with Gasteiger partial charge in [0.05, 0.1) is 18.0 Å². The van der Waals surface area contributed by atoms with Gasteiger partial charge in [0.15, 0.2) is 9.35 Å². The SMILES string of the molecule is CCOC(=O)CSc1nnc(-c2ccccc2NS(=O)O)s1. The van der Waals surface area contributed by atoms with E-state index in [1.54, 1.807) is 31.2 Å². The highest BCUT2D eigenvalue weighted by Gasteiger charge is 2.13. The largest absolute Gasteiger partial charge is 0.465 e. The van der Waals surface area contributed by atoms with E-state index in [1.165, 1.54) is 23.1 Å². The van der Waals surface area contributed by atoms with Crippen molar-refractivity contribution >= 4 is 46.0 Å². The van der Waals surface area contributed by atoms with E-state index in [2.05, 4.69) is 14.9 Å². The van der Waals surface area contributed by atoms with Crippen LogP contribution in [0.2, 0.25) is 0 Å². The molecule has 0 amide bonds. The van der Waals surface area contributed by atoms with Crippen molar-refractivity contribution < 1.29 is 18.3 Å². The second-order valence-corrected chi connectivity index (χ2v) is 6.77. The van der Waals surface area contributed by atoms with Crippen molar-refractivity contribution in [2.75, 3.05) is 17.1 Å². The Kier molecular flexibility index (Phi) is 6.31. The number of thioether (sulfide) groups is 1. The third-order valence-electron chi connectivity index (χ3n) is 2.38. The van der Waals surface area contributed by atoms with Gasteiger partial charge in [-0.25, -0.2) is 4.21 Å². The van der Waals surface area contributed by atoms with Crippen LogP contribution >= 0.6 is 23.1 Å². The van der Waals surface area contributed by atoms with Gasteiger partial charge in [0.25, 0.3) is 11.3 Å². The summed E-state index contributed by atoms with van der Waals surface area (Å²) in [6.45, 7) is 2.10. The van der Waals surface area contributed by atoms with Gasteiger partial charge in [-0.2, -0.15) is 0 Å². The average Bonchev–Trinajstić information content (AvgIpc) is 2.94. The number of esters is 1. The van der Waals surface area contributed by atoms with Crippen LogP contribution in [0.3, 0.4) is 0 Å². The molecule has 0 saturated heterocycles. The van der Waals surface area contributed by atoms with E-state index in [1.807, 2.05) is 0 Å². The molecule has 0 aliphatic heterocycles. The lowest BCUT2D eigenvalue weighted by molar-refractivity contribution is -0.139. The Bertz CT molecular complexity index is 677. The Morgan fingerprint density at radius 3 is 2.95 bits per heavy atom. The molecule has 1 heterocycles. The minimum Gasteiger partial charge on any atom is -0.465 e. The van der Waals surface area contributed by atoms with E-state index in [0.29, 0.717) is 27.2 Å². The molecule has 0 fully saturated rings. The van der Waals surface area contributed by atoms with Crippen molar-refractivity contribution in [2.24, 2.45) is 0 Å². The number of nitrogens with zero attached hydrogens (tertiary/aromatic N) is 2. The number of aromatic nitrogens is 2. The van der Waals surface area contributed by atoms with E-state index in [4.69, 9.17) is 9.29 Å². The molecule has 0 saturated carbocycles. The molecule has 1 aromatic heterocycles. The molecule has 1 atom stereocenters. The number of anilines is 1. The van der Waals surface area contributed by atoms with Gasteiger partial charge in [-0.15, -0.1) is 10.2 Å². The molecule has 10 heteroatoms. The fourth-order valence-corrected chi connectivity index (χ4v) is 3.61. The van der Waals surface area contributed by atoms with Crippen LogP contribution < -0.4 is 4.72 Å². The second-order valence-electron chi connectivity index (χ2n) is 3.86. The van der Waals surface area contributed by atoms with Crippen LogP contribution in [-0.2, 0) is 20.8 Å². The molecular formula is C12H13N3O4S3. The minimum absolute atomic E-state index is 0.170. The zero-order chi connectivity index (χ0) is 15.9. The third-order valence-corrected chi connectivity index (χ3v) is 4.84. The average molecular weight is 359 g/mol. The number of carbonyl (C=O) groups is 1. The molecule has 7 nitrogen and oxygen atoms in total. The third kappa shape index (κ3) is 4.77. The van der Waals surface area contributed by atoms with Crippen molar-refractivity contribution in [2.45, 2.75) is 11.3 Å². The number of rotatable bonds is 7. The van der Waals surface area contributed by atoms with Gasteiger partial charge < -0.3 is 4.74 Å². The molecule has 1 unspecified atom stereocenters. The Morgan fingerprint density at radius 2 is 2.23 bits per heavy atom. The summed E-state index contributed by atoms with van der Waals surface area (Å²) in [5.74, 6) is -0.134. The number of carbonyl (C=O) groups excluding carboxylic acids is 1. The standard InChI is InChI=1S/C12H13N3O4S3/c1-2-19-10(16)7-20-12-14-13-11(21-12)8-5-3-4-6-9(8)15-22(17)18/h3-6,15H,2,7H2,1H3,(H,17,18). The Balaban J connectivity index is 2.11. The van der Waals surface area contributed by atoms with Crippen LogP contribution in [0, 0.1) is 0 Å². The van der Waals surface area contributed by atoms with Crippen LogP contribution in [0.5, 0.6) is 0 Å². The summed E-state index contributed by atoms with van der Waals surface area (Å²) in [5, 5.41) is 8.65. The van der Waals surface area contributed by atoms with Gasteiger partial charge in [0, 0.05) is 5.56 Å². The summed E-state index contributed by atoms with van der Waals surface area (Å²) >= 11 is 0.378. The van der Waals surface area contributed by atoms with Gasteiger partial charge in [0.2, 0.25) is 0 Å². The molecule has 0 radical (unpaired) electrons. The number of ether oxygens (including phenoxy) is 1. The summed E-state index contributed by atoms with van der Waals surface area (Å²) < 4.78 is 27.8. The molecule has 0 spiro atoms. The summed E-state index contributed by atoms with van der Waals surface area (Å²) in [4.78, 5) is 11.3. The van der Waals surface area contributed by atoms with Gasteiger partial charge in [0.1, 0.15) is 0 Å². The lowest BCUT2D eigenvalue weighted by Gasteiger charge is -2.05. The molecular weight excluding hydrogens is 346 g/mol. The van der Waals surface area contributed by atoms with Crippen molar-refractivity contribution in [3.8, 4) is 10.6 Å². The van der Waals surface area contributed by atoms with E-state index in [9.17, 15) is 9.00 Å². The van der Waals surface area contributed by atoms with Crippen LogP contribution in [-0.4, -0.2) is 37.3 Å². The number of benzene rings is 1. The van der Waals surface area contributed by atoms with E-state index in [-0.39, 0.29) is 11.7 Å². The van der Waals surface area contributed by atoms with Crippen LogP contribution in [0.1, 0.15) is 6.92 Å². The molecule has 2 rings (SSSR count). The Hall–Kier alpha value is -1.49. The molecule has 22 heavy (non-hydrogen) atoms. The highest BCUT2D eigenvalue weighted by molar-refractivity contribution is 8.01. The van der Waals surface area contributed by atoms with E-state index in [0.717, 1.165) is 0 Å². The number of para-hydroxylation sites is 1.